The van der Waals surface area contributed by atoms with E-state index in [1.165, 1.54) is 24.3 Å². The fraction of sp³-hybridized carbons (Fsp3) is 0.364. The quantitative estimate of drug-likeness (QED) is 0.776. The van der Waals surface area contributed by atoms with Gasteiger partial charge in [-0.1, -0.05) is 0 Å². The van der Waals surface area contributed by atoms with Crippen LogP contribution in [0.5, 0.6) is 0 Å². The number of halogens is 1. The number of nitrogens with one attached hydrogen (secondary N) is 1. The van der Waals surface area contributed by atoms with Crippen molar-refractivity contribution in [3.63, 3.8) is 0 Å². The second kappa shape index (κ2) is 3.62. The Morgan fingerprint density at radius 1 is 1.33 bits per heavy atom. The summed E-state index contributed by atoms with van der Waals surface area (Å²) in [4.78, 5) is 11.7. The third-order valence-corrected chi connectivity index (χ3v) is 2.80. The fourth-order valence-electron chi connectivity index (χ4n) is 1.57. The summed E-state index contributed by atoms with van der Waals surface area (Å²) in [5.74, 6) is -0.500. The molecule has 15 heavy (non-hydrogen) atoms. The summed E-state index contributed by atoms with van der Waals surface area (Å²) in [6, 6.07) is 5.66. The molecule has 1 aliphatic rings. The van der Waals surface area contributed by atoms with E-state index in [0.717, 1.165) is 19.3 Å². The Balaban J connectivity index is 2.02. The molecular formula is C11H13FN2O. The zero-order chi connectivity index (χ0) is 10.9. The lowest BCUT2D eigenvalue weighted by Gasteiger charge is -2.36. The van der Waals surface area contributed by atoms with Gasteiger partial charge in [0.2, 0.25) is 5.91 Å². The Hall–Kier alpha value is -1.42. The minimum Gasteiger partial charge on any atom is -0.324 e. The summed E-state index contributed by atoms with van der Waals surface area (Å²) < 4.78 is 12.6. The van der Waals surface area contributed by atoms with Crippen LogP contribution in [0.1, 0.15) is 19.3 Å². The average molecular weight is 208 g/mol. The highest BCUT2D eigenvalue weighted by Crippen LogP contribution is 2.30. The number of hydrogen-bond acceptors (Lipinski definition) is 2. The predicted molar refractivity (Wildman–Crippen MR) is 55.8 cm³/mol. The van der Waals surface area contributed by atoms with Crippen molar-refractivity contribution >= 4 is 11.6 Å². The standard InChI is InChI=1S/C11H13FN2O/c12-8-2-4-9(5-3-8)14-10(15)11(13)6-1-7-11/h2-5H,1,6-7,13H2,(H,14,15). The Morgan fingerprint density at radius 3 is 2.40 bits per heavy atom. The molecule has 0 bridgehead atoms. The van der Waals surface area contributed by atoms with E-state index in [9.17, 15) is 9.18 Å². The molecule has 3 N–H and O–H groups in total. The molecule has 1 aliphatic carbocycles. The van der Waals surface area contributed by atoms with Crippen LogP contribution in [0.15, 0.2) is 24.3 Å². The summed E-state index contributed by atoms with van der Waals surface area (Å²) in [5, 5.41) is 2.68. The van der Waals surface area contributed by atoms with Crippen LogP contribution >= 0.6 is 0 Å². The first-order valence-corrected chi connectivity index (χ1v) is 4.96. The third kappa shape index (κ3) is 1.99. The van der Waals surface area contributed by atoms with Crippen LogP contribution in [-0.2, 0) is 4.79 Å². The zero-order valence-electron chi connectivity index (χ0n) is 8.29. The van der Waals surface area contributed by atoms with Crippen molar-refractivity contribution in [3.8, 4) is 0 Å². The summed E-state index contributed by atoms with van der Waals surface area (Å²) in [5.41, 5.74) is 5.71. The van der Waals surface area contributed by atoms with E-state index in [1.807, 2.05) is 0 Å². The van der Waals surface area contributed by atoms with E-state index in [-0.39, 0.29) is 11.7 Å². The molecule has 1 amide bonds. The van der Waals surface area contributed by atoms with Gasteiger partial charge < -0.3 is 11.1 Å². The molecular weight excluding hydrogens is 195 g/mol. The first kappa shape index (κ1) is 10.1. The van der Waals surface area contributed by atoms with Crippen LogP contribution in [0, 0.1) is 5.82 Å². The van der Waals surface area contributed by atoms with Gasteiger partial charge in [-0.2, -0.15) is 0 Å². The van der Waals surface area contributed by atoms with E-state index < -0.39 is 5.54 Å². The van der Waals surface area contributed by atoms with Crippen LogP contribution in [0.25, 0.3) is 0 Å². The second-order valence-corrected chi connectivity index (χ2v) is 3.97. The molecule has 2 rings (SSSR count). The van der Waals surface area contributed by atoms with Crippen LogP contribution in [0.2, 0.25) is 0 Å². The Labute approximate surface area is 87.5 Å². The number of rotatable bonds is 2. The monoisotopic (exact) mass is 208 g/mol. The van der Waals surface area contributed by atoms with E-state index in [4.69, 9.17) is 5.73 Å². The van der Waals surface area contributed by atoms with Gasteiger partial charge in [-0.3, -0.25) is 4.79 Å². The molecule has 1 aromatic carbocycles. The van der Waals surface area contributed by atoms with Gasteiger partial charge in [-0.25, -0.2) is 4.39 Å². The van der Waals surface area contributed by atoms with Crippen molar-refractivity contribution in [1.82, 2.24) is 0 Å². The molecule has 1 aromatic rings. The lowest BCUT2D eigenvalue weighted by molar-refractivity contribution is -0.123. The van der Waals surface area contributed by atoms with Crippen LogP contribution in [-0.4, -0.2) is 11.4 Å². The predicted octanol–water partition coefficient (Wildman–Crippen LogP) is 1.65. The molecule has 80 valence electrons. The minimum atomic E-state index is -0.714. The van der Waals surface area contributed by atoms with Crippen molar-refractivity contribution in [3.05, 3.63) is 30.1 Å². The number of amides is 1. The van der Waals surface area contributed by atoms with Crippen molar-refractivity contribution in [2.75, 3.05) is 5.32 Å². The lowest BCUT2D eigenvalue weighted by atomic mass is 9.77. The van der Waals surface area contributed by atoms with Gasteiger partial charge in [0.1, 0.15) is 5.82 Å². The summed E-state index contributed by atoms with van der Waals surface area (Å²) >= 11 is 0. The average Bonchev–Trinajstić information content (AvgIpc) is 2.18. The molecule has 4 heteroatoms. The first-order chi connectivity index (χ1) is 7.10. The van der Waals surface area contributed by atoms with Crippen LogP contribution < -0.4 is 11.1 Å². The second-order valence-electron chi connectivity index (χ2n) is 3.97. The topological polar surface area (TPSA) is 55.1 Å². The van der Waals surface area contributed by atoms with Crippen molar-refractivity contribution in [2.24, 2.45) is 5.73 Å². The molecule has 1 saturated carbocycles. The summed E-state index contributed by atoms with van der Waals surface area (Å²) in [6.45, 7) is 0. The van der Waals surface area contributed by atoms with Crippen LogP contribution in [0.3, 0.4) is 0 Å². The molecule has 0 heterocycles. The zero-order valence-corrected chi connectivity index (χ0v) is 8.29. The maximum Gasteiger partial charge on any atom is 0.244 e. The SMILES string of the molecule is NC1(C(=O)Nc2ccc(F)cc2)CCC1. The van der Waals surface area contributed by atoms with Gasteiger partial charge in [0.25, 0.3) is 0 Å². The molecule has 0 aromatic heterocycles. The number of benzene rings is 1. The smallest absolute Gasteiger partial charge is 0.244 e. The molecule has 0 radical (unpaired) electrons. The summed E-state index contributed by atoms with van der Waals surface area (Å²) in [6.07, 6.45) is 2.44. The molecule has 0 saturated heterocycles. The van der Waals surface area contributed by atoms with Crippen molar-refractivity contribution < 1.29 is 9.18 Å². The van der Waals surface area contributed by atoms with E-state index >= 15 is 0 Å². The Bertz CT molecular complexity index is 371. The Morgan fingerprint density at radius 2 is 1.93 bits per heavy atom. The van der Waals surface area contributed by atoms with Crippen LogP contribution in [0.4, 0.5) is 10.1 Å². The maximum atomic E-state index is 12.6. The highest BCUT2D eigenvalue weighted by molar-refractivity contribution is 5.98. The molecule has 1 fully saturated rings. The van der Waals surface area contributed by atoms with Gasteiger partial charge >= 0.3 is 0 Å². The highest BCUT2D eigenvalue weighted by atomic mass is 19.1. The highest BCUT2D eigenvalue weighted by Gasteiger charge is 2.39. The number of hydrogen-bond donors (Lipinski definition) is 2. The molecule has 0 unspecified atom stereocenters. The minimum absolute atomic E-state index is 0.180. The first-order valence-electron chi connectivity index (χ1n) is 4.96. The van der Waals surface area contributed by atoms with Gasteiger partial charge in [0.15, 0.2) is 0 Å². The largest absolute Gasteiger partial charge is 0.324 e. The molecule has 0 atom stereocenters. The van der Waals surface area contributed by atoms with Gasteiger partial charge in [-0.05, 0) is 43.5 Å². The lowest BCUT2D eigenvalue weighted by Crippen LogP contribution is -2.56. The molecule has 0 spiro atoms. The van der Waals surface area contributed by atoms with E-state index in [1.54, 1.807) is 0 Å². The van der Waals surface area contributed by atoms with Gasteiger partial charge in [-0.15, -0.1) is 0 Å². The van der Waals surface area contributed by atoms with Crippen molar-refractivity contribution in [1.29, 1.82) is 0 Å². The Kier molecular flexibility index (Phi) is 2.44. The molecule has 3 nitrogen and oxygen atoms in total. The van der Waals surface area contributed by atoms with E-state index in [0.29, 0.717) is 5.69 Å². The number of anilines is 1. The van der Waals surface area contributed by atoms with E-state index in [2.05, 4.69) is 5.32 Å². The molecule has 0 aliphatic heterocycles. The summed E-state index contributed by atoms with van der Waals surface area (Å²) in [7, 11) is 0. The number of carbonyl (C=O) groups is 1. The van der Waals surface area contributed by atoms with Gasteiger partial charge in [0.05, 0.1) is 5.54 Å². The third-order valence-electron chi connectivity index (χ3n) is 2.80. The number of nitrogens with two attached hydrogens (primary N) is 1. The fourth-order valence-corrected chi connectivity index (χ4v) is 1.57. The normalized spacial score (nSPS) is 18.0. The van der Waals surface area contributed by atoms with Gasteiger partial charge in [0, 0.05) is 5.69 Å². The van der Waals surface area contributed by atoms with Crippen molar-refractivity contribution in [2.45, 2.75) is 24.8 Å². The maximum absolute atomic E-state index is 12.6. The number of carbonyl (C=O) groups excluding carboxylic acids is 1.